The van der Waals surface area contributed by atoms with E-state index in [4.69, 9.17) is 0 Å². The van der Waals surface area contributed by atoms with Crippen LogP contribution < -0.4 is 5.32 Å². The zero-order chi connectivity index (χ0) is 14.4. The maximum atomic E-state index is 13.8. The molecule has 0 fully saturated rings. The maximum absolute atomic E-state index is 13.8. The molecule has 0 saturated heterocycles. The van der Waals surface area contributed by atoms with Crippen LogP contribution in [0.2, 0.25) is 0 Å². The van der Waals surface area contributed by atoms with Crippen LogP contribution in [0.4, 0.5) is 4.39 Å². The highest BCUT2D eigenvalue weighted by molar-refractivity contribution is 9.10. The Morgan fingerprint density at radius 1 is 1.15 bits per heavy atom. The van der Waals surface area contributed by atoms with E-state index in [1.807, 2.05) is 24.3 Å². The average Bonchev–Trinajstić information content (AvgIpc) is 2.47. The van der Waals surface area contributed by atoms with Crippen LogP contribution in [0, 0.1) is 5.82 Å². The smallest absolute Gasteiger partial charge is 0.126 e. The molecule has 3 heteroatoms. The van der Waals surface area contributed by atoms with Gasteiger partial charge < -0.3 is 5.32 Å². The summed E-state index contributed by atoms with van der Waals surface area (Å²) < 4.78 is 14.7. The summed E-state index contributed by atoms with van der Waals surface area (Å²) in [6.07, 6.45) is 1.60. The normalized spacial score (nSPS) is 12.3. The third kappa shape index (κ3) is 4.15. The summed E-state index contributed by atoms with van der Waals surface area (Å²) in [5.74, 6) is -0.128. The van der Waals surface area contributed by atoms with E-state index in [1.54, 1.807) is 6.07 Å². The van der Waals surface area contributed by atoms with Crippen molar-refractivity contribution >= 4 is 15.9 Å². The average molecular weight is 336 g/mol. The minimum absolute atomic E-state index is 0.128. The summed E-state index contributed by atoms with van der Waals surface area (Å²) in [6.45, 7) is 3.00. The van der Waals surface area contributed by atoms with Crippen molar-refractivity contribution in [1.82, 2.24) is 5.32 Å². The van der Waals surface area contributed by atoms with E-state index in [0.717, 1.165) is 29.4 Å². The third-order valence-electron chi connectivity index (χ3n) is 3.36. The Hall–Kier alpha value is -1.19. The second kappa shape index (κ2) is 7.55. The van der Waals surface area contributed by atoms with Crippen LogP contribution >= 0.6 is 15.9 Å². The Kier molecular flexibility index (Phi) is 5.74. The first-order valence-electron chi connectivity index (χ1n) is 6.93. The molecule has 0 saturated carbocycles. The van der Waals surface area contributed by atoms with Crippen molar-refractivity contribution < 1.29 is 4.39 Å². The zero-order valence-electron chi connectivity index (χ0n) is 11.6. The molecule has 20 heavy (non-hydrogen) atoms. The standard InChI is InChI=1S/C17H19BrFN/c1-2-20-17(13-6-4-3-5-7-13)11-8-14-12-15(18)9-10-16(14)19/h3-7,9-10,12,17,20H,2,8,11H2,1H3. The number of hydrogen-bond acceptors (Lipinski definition) is 1. The summed E-state index contributed by atoms with van der Waals surface area (Å²) in [7, 11) is 0. The molecule has 0 aliphatic carbocycles. The molecule has 1 nitrogen and oxygen atoms in total. The van der Waals surface area contributed by atoms with Gasteiger partial charge in [0.25, 0.3) is 0 Å². The van der Waals surface area contributed by atoms with Crippen molar-refractivity contribution in [3.8, 4) is 0 Å². The van der Waals surface area contributed by atoms with E-state index in [-0.39, 0.29) is 11.9 Å². The molecule has 0 aliphatic rings. The molecule has 0 radical (unpaired) electrons. The molecular formula is C17H19BrFN. The number of aryl methyl sites for hydroxylation is 1. The molecule has 0 aromatic heterocycles. The predicted molar refractivity (Wildman–Crippen MR) is 85.3 cm³/mol. The SMILES string of the molecule is CCNC(CCc1cc(Br)ccc1F)c1ccccc1. The van der Waals surface area contributed by atoms with E-state index in [1.165, 1.54) is 11.6 Å². The molecule has 2 aromatic carbocycles. The van der Waals surface area contributed by atoms with Gasteiger partial charge in [-0.3, -0.25) is 0 Å². The molecule has 0 spiro atoms. The summed E-state index contributed by atoms with van der Waals surface area (Å²) >= 11 is 3.40. The lowest BCUT2D eigenvalue weighted by atomic mass is 9.99. The molecule has 2 rings (SSSR count). The van der Waals surface area contributed by atoms with E-state index in [2.05, 4.69) is 40.3 Å². The fourth-order valence-corrected chi connectivity index (χ4v) is 2.76. The molecule has 106 valence electrons. The molecule has 0 heterocycles. The van der Waals surface area contributed by atoms with Gasteiger partial charge in [0.2, 0.25) is 0 Å². The first-order valence-corrected chi connectivity index (χ1v) is 7.72. The van der Waals surface area contributed by atoms with Gasteiger partial charge in [-0.15, -0.1) is 0 Å². The van der Waals surface area contributed by atoms with E-state index in [0.29, 0.717) is 0 Å². The molecule has 0 bridgehead atoms. The lowest BCUT2D eigenvalue weighted by Crippen LogP contribution is -2.21. The number of halogens is 2. The fraction of sp³-hybridized carbons (Fsp3) is 0.294. The van der Waals surface area contributed by atoms with Crippen molar-refractivity contribution in [2.24, 2.45) is 0 Å². The van der Waals surface area contributed by atoms with Crippen LogP contribution in [-0.2, 0) is 6.42 Å². The first-order chi connectivity index (χ1) is 9.70. The van der Waals surface area contributed by atoms with Crippen molar-refractivity contribution in [3.05, 3.63) is 69.9 Å². The van der Waals surface area contributed by atoms with Crippen LogP contribution in [0.1, 0.15) is 30.5 Å². The third-order valence-corrected chi connectivity index (χ3v) is 3.86. The minimum Gasteiger partial charge on any atom is -0.310 e. The van der Waals surface area contributed by atoms with Gasteiger partial charge in [-0.2, -0.15) is 0 Å². The molecule has 0 amide bonds. The first kappa shape index (κ1) is 15.2. The topological polar surface area (TPSA) is 12.0 Å². The van der Waals surface area contributed by atoms with Gasteiger partial charge in [0.1, 0.15) is 5.82 Å². The molecule has 1 unspecified atom stereocenters. The van der Waals surface area contributed by atoms with Gasteiger partial charge in [-0.25, -0.2) is 4.39 Å². The summed E-state index contributed by atoms with van der Waals surface area (Å²) in [6, 6.07) is 15.7. The second-order valence-electron chi connectivity index (χ2n) is 4.80. The molecule has 2 aromatic rings. The Bertz CT molecular complexity index is 542. The van der Waals surface area contributed by atoms with Gasteiger partial charge in [0.15, 0.2) is 0 Å². The number of rotatable bonds is 6. The highest BCUT2D eigenvalue weighted by Gasteiger charge is 2.11. The highest BCUT2D eigenvalue weighted by Crippen LogP contribution is 2.22. The van der Waals surface area contributed by atoms with E-state index >= 15 is 0 Å². The highest BCUT2D eigenvalue weighted by atomic mass is 79.9. The fourth-order valence-electron chi connectivity index (χ4n) is 2.35. The van der Waals surface area contributed by atoms with Crippen LogP contribution in [0.25, 0.3) is 0 Å². The van der Waals surface area contributed by atoms with Crippen molar-refractivity contribution in [1.29, 1.82) is 0 Å². The summed E-state index contributed by atoms with van der Waals surface area (Å²) in [5.41, 5.74) is 2.02. The van der Waals surface area contributed by atoms with Gasteiger partial charge in [-0.1, -0.05) is 53.2 Å². The predicted octanol–water partition coefficient (Wildman–Crippen LogP) is 4.87. The van der Waals surface area contributed by atoms with Crippen molar-refractivity contribution in [2.45, 2.75) is 25.8 Å². The lowest BCUT2D eigenvalue weighted by Gasteiger charge is -2.18. The minimum atomic E-state index is -0.128. The Morgan fingerprint density at radius 2 is 1.90 bits per heavy atom. The largest absolute Gasteiger partial charge is 0.310 e. The van der Waals surface area contributed by atoms with Crippen molar-refractivity contribution in [3.63, 3.8) is 0 Å². The van der Waals surface area contributed by atoms with Crippen LogP contribution in [0.3, 0.4) is 0 Å². The molecular weight excluding hydrogens is 317 g/mol. The van der Waals surface area contributed by atoms with E-state index < -0.39 is 0 Å². The number of hydrogen-bond donors (Lipinski definition) is 1. The second-order valence-corrected chi connectivity index (χ2v) is 5.71. The molecule has 0 aliphatic heterocycles. The quantitative estimate of drug-likeness (QED) is 0.793. The summed E-state index contributed by atoms with van der Waals surface area (Å²) in [5, 5.41) is 3.47. The Morgan fingerprint density at radius 3 is 2.60 bits per heavy atom. The summed E-state index contributed by atoms with van der Waals surface area (Å²) in [4.78, 5) is 0. The van der Waals surface area contributed by atoms with Crippen LogP contribution in [0.5, 0.6) is 0 Å². The van der Waals surface area contributed by atoms with Gasteiger partial charge in [0, 0.05) is 10.5 Å². The molecule has 1 atom stereocenters. The van der Waals surface area contributed by atoms with Gasteiger partial charge in [-0.05, 0) is 48.7 Å². The van der Waals surface area contributed by atoms with Crippen LogP contribution in [0.15, 0.2) is 53.0 Å². The maximum Gasteiger partial charge on any atom is 0.126 e. The van der Waals surface area contributed by atoms with E-state index in [9.17, 15) is 4.39 Å². The Balaban J connectivity index is 2.07. The van der Waals surface area contributed by atoms with Crippen molar-refractivity contribution in [2.75, 3.05) is 6.54 Å². The molecule has 1 N–H and O–H groups in total. The zero-order valence-corrected chi connectivity index (χ0v) is 13.2. The van der Waals surface area contributed by atoms with Crippen LogP contribution in [-0.4, -0.2) is 6.54 Å². The Labute approximate surface area is 128 Å². The lowest BCUT2D eigenvalue weighted by molar-refractivity contribution is 0.507. The monoisotopic (exact) mass is 335 g/mol. The number of nitrogens with one attached hydrogen (secondary N) is 1. The number of benzene rings is 2. The van der Waals surface area contributed by atoms with Gasteiger partial charge in [0.05, 0.1) is 0 Å². The van der Waals surface area contributed by atoms with Gasteiger partial charge >= 0.3 is 0 Å².